The van der Waals surface area contributed by atoms with Crippen molar-refractivity contribution in [2.45, 2.75) is 19.9 Å². The number of hydrogen-bond donors (Lipinski definition) is 1. The van der Waals surface area contributed by atoms with Gasteiger partial charge in [0.2, 0.25) is 5.91 Å². The molecule has 1 aliphatic rings. The van der Waals surface area contributed by atoms with E-state index in [0.29, 0.717) is 32.7 Å². The van der Waals surface area contributed by atoms with Crippen molar-refractivity contribution in [2.24, 2.45) is 0 Å². The van der Waals surface area contributed by atoms with E-state index in [4.69, 9.17) is 4.42 Å². The Bertz CT molecular complexity index is 590. The van der Waals surface area contributed by atoms with Gasteiger partial charge in [-0.1, -0.05) is 0 Å². The maximum atomic E-state index is 12.2. The Labute approximate surface area is 133 Å². The summed E-state index contributed by atoms with van der Waals surface area (Å²) in [6, 6.07) is 2.57. The van der Waals surface area contributed by atoms with Gasteiger partial charge in [-0.15, -0.1) is 0 Å². The zero-order valence-electron chi connectivity index (χ0n) is 13.2. The van der Waals surface area contributed by atoms with E-state index in [-0.39, 0.29) is 23.6 Å². The molecule has 2 amide bonds. The molecule has 2 rings (SSSR count). The van der Waals surface area contributed by atoms with Crippen molar-refractivity contribution in [2.75, 3.05) is 32.7 Å². The molecule has 0 aliphatic carbocycles. The summed E-state index contributed by atoms with van der Waals surface area (Å²) in [6.07, 6.45) is 0. The lowest BCUT2D eigenvalue weighted by molar-refractivity contribution is -0.402. The molecule has 1 aliphatic heterocycles. The highest BCUT2D eigenvalue weighted by Gasteiger charge is 2.26. The fraction of sp³-hybridized carbons (Fsp3) is 0.571. The van der Waals surface area contributed by atoms with Crippen LogP contribution in [-0.2, 0) is 4.79 Å². The first-order valence-electron chi connectivity index (χ1n) is 7.42. The van der Waals surface area contributed by atoms with Gasteiger partial charge >= 0.3 is 5.88 Å². The number of carbonyl (C=O) groups excluding carboxylic acids is 2. The van der Waals surface area contributed by atoms with E-state index in [1.54, 1.807) is 4.90 Å². The first kappa shape index (κ1) is 16.9. The standard InChI is InChI=1S/C14H20N4O5/c1-10(2)15-12(19)9-16-5-7-17(8-6-16)14(20)11-3-4-13(23-11)18(21)22/h3-4,10H,5-9H2,1-2H3,(H,15,19). The third-order valence-electron chi connectivity index (χ3n) is 3.46. The molecule has 0 saturated carbocycles. The van der Waals surface area contributed by atoms with Crippen molar-refractivity contribution in [1.29, 1.82) is 0 Å². The Morgan fingerprint density at radius 2 is 1.96 bits per heavy atom. The number of carbonyl (C=O) groups is 2. The van der Waals surface area contributed by atoms with E-state index in [9.17, 15) is 19.7 Å². The van der Waals surface area contributed by atoms with E-state index in [1.807, 2.05) is 18.7 Å². The maximum absolute atomic E-state index is 12.2. The summed E-state index contributed by atoms with van der Waals surface area (Å²) < 4.78 is 4.93. The highest BCUT2D eigenvalue weighted by Crippen LogP contribution is 2.18. The minimum absolute atomic E-state index is 0.0392. The van der Waals surface area contributed by atoms with Crippen LogP contribution in [0.4, 0.5) is 5.88 Å². The van der Waals surface area contributed by atoms with Crippen LogP contribution < -0.4 is 5.32 Å². The molecule has 0 radical (unpaired) electrons. The monoisotopic (exact) mass is 324 g/mol. The molecule has 0 spiro atoms. The normalized spacial score (nSPS) is 15.7. The second-order valence-corrected chi connectivity index (χ2v) is 5.69. The number of nitrogens with zero attached hydrogens (tertiary/aromatic N) is 3. The first-order chi connectivity index (χ1) is 10.9. The Kier molecular flexibility index (Phi) is 5.32. The maximum Gasteiger partial charge on any atom is 0.433 e. The molecule has 9 nitrogen and oxygen atoms in total. The molecule has 0 atom stereocenters. The van der Waals surface area contributed by atoms with E-state index in [1.165, 1.54) is 12.1 Å². The molecule has 0 unspecified atom stereocenters. The van der Waals surface area contributed by atoms with Gasteiger partial charge in [0.1, 0.15) is 4.92 Å². The van der Waals surface area contributed by atoms with Crippen molar-refractivity contribution in [3.63, 3.8) is 0 Å². The smallest absolute Gasteiger partial charge is 0.395 e. The molecule has 23 heavy (non-hydrogen) atoms. The van der Waals surface area contributed by atoms with Crippen LogP contribution in [0.1, 0.15) is 24.4 Å². The van der Waals surface area contributed by atoms with E-state index < -0.39 is 10.8 Å². The highest BCUT2D eigenvalue weighted by atomic mass is 16.6. The number of piperazine rings is 1. The number of furan rings is 1. The molecule has 1 saturated heterocycles. The predicted octanol–water partition coefficient (Wildman–Crippen LogP) is 0.470. The van der Waals surface area contributed by atoms with E-state index in [0.717, 1.165) is 0 Å². The second kappa shape index (κ2) is 7.23. The van der Waals surface area contributed by atoms with Crippen molar-refractivity contribution < 1.29 is 18.9 Å². The van der Waals surface area contributed by atoms with Gasteiger partial charge in [0.25, 0.3) is 5.91 Å². The summed E-state index contributed by atoms with van der Waals surface area (Å²) in [5, 5.41) is 13.4. The van der Waals surface area contributed by atoms with E-state index >= 15 is 0 Å². The predicted molar refractivity (Wildman–Crippen MR) is 81.0 cm³/mol. The molecule has 1 aromatic rings. The van der Waals surface area contributed by atoms with Crippen LogP contribution in [0.25, 0.3) is 0 Å². The van der Waals surface area contributed by atoms with Crippen molar-refractivity contribution >= 4 is 17.7 Å². The van der Waals surface area contributed by atoms with Gasteiger partial charge in [-0.05, 0) is 19.9 Å². The third-order valence-corrected chi connectivity index (χ3v) is 3.46. The quantitative estimate of drug-likeness (QED) is 0.623. The van der Waals surface area contributed by atoms with Gasteiger partial charge in [0.15, 0.2) is 5.76 Å². The average Bonchev–Trinajstić information content (AvgIpc) is 2.96. The first-order valence-corrected chi connectivity index (χ1v) is 7.42. The zero-order chi connectivity index (χ0) is 17.0. The lowest BCUT2D eigenvalue weighted by Gasteiger charge is -2.33. The van der Waals surface area contributed by atoms with Crippen molar-refractivity contribution in [3.05, 3.63) is 28.0 Å². The second-order valence-electron chi connectivity index (χ2n) is 5.69. The van der Waals surface area contributed by atoms with Crippen molar-refractivity contribution in [1.82, 2.24) is 15.1 Å². The third kappa shape index (κ3) is 4.52. The lowest BCUT2D eigenvalue weighted by atomic mass is 10.2. The van der Waals surface area contributed by atoms with Crippen LogP contribution in [-0.4, -0.2) is 65.3 Å². The molecule has 2 heterocycles. The van der Waals surface area contributed by atoms with Gasteiger partial charge < -0.3 is 14.6 Å². The summed E-state index contributed by atoms with van der Waals surface area (Å²) in [6.45, 7) is 6.13. The molecule has 1 fully saturated rings. The van der Waals surface area contributed by atoms with Gasteiger partial charge in [0.05, 0.1) is 12.6 Å². The Hall–Kier alpha value is -2.42. The summed E-state index contributed by atoms with van der Waals surface area (Å²) in [4.78, 5) is 37.4. The average molecular weight is 324 g/mol. The number of amides is 2. The highest BCUT2D eigenvalue weighted by molar-refractivity contribution is 5.91. The zero-order valence-corrected chi connectivity index (χ0v) is 13.2. The summed E-state index contributed by atoms with van der Waals surface area (Å²) >= 11 is 0. The van der Waals surface area contributed by atoms with Crippen LogP contribution in [0.2, 0.25) is 0 Å². The largest absolute Gasteiger partial charge is 0.433 e. The van der Waals surface area contributed by atoms with Gasteiger partial charge in [0, 0.05) is 32.2 Å². The topological polar surface area (TPSA) is 109 Å². The molecule has 0 bridgehead atoms. The minimum Gasteiger partial charge on any atom is -0.395 e. The summed E-state index contributed by atoms with van der Waals surface area (Å²) in [7, 11) is 0. The van der Waals surface area contributed by atoms with Gasteiger partial charge in [-0.25, -0.2) is 0 Å². The van der Waals surface area contributed by atoms with E-state index in [2.05, 4.69) is 5.32 Å². The number of rotatable bonds is 5. The Morgan fingerprint density at radius 3 is 2.48 bits per heavy atom. The summed E-state index contributed by atoms with van der Waals surface area (Å²) in [5.41, 5.74) is 0. The Balaban J connectivity index is 1.84. The summed E-state index contributed by atoms with van der Waals surface area (Å²) in [5.74, 6) is -0.897. The van der Waals surface area contributed by atoms with Gasteiger partial charge in [-0.3, -0.25) is 24.6 Å². The molecule has 9 heteroatoms. The number of hydrogen-bond acceptors (Lipinski definition) is 6. The molecule has 1 N–H and O–H groups in total. The van der Waals surface area contributed by atoms with Crippen LogP contribution in [0.15, 0.2) is 16.5 Å². The minimum atomic E-state index is -0.679. The fourth-order valence-corrected chi connectivity index (χ4v) is 2.38. The number of nitrogens with one attached hydrogen (secondary N) is 1. The fourth-order valence-electron chi connectivity index (χ4n) is 2.38. The molecule has 0 aromatic carbocycles. The molecule has 126 valence electrons. The van der Waals surface area contributed by atoms with Gasteiger partial charge in [-0.2, -0.15) is 0 Å². The molecular weight excluding hydrogens is 304 g/mol. The molecule has 1 aromatic heterocycles. The Morgan fingerprint density at radius 1 is 1.30 bits per heavy atom. The van der Waals surface area contributed by atoms with Crippen LogP contribution in [0, 0.1) is 10.1 Å². The lowest BCUT2D eigenvalue weighted by Crippen LogP contribution is -2.51. The van der Waals surface area contributed by atoms with Crippen LogP contribution in [0.3, 0.4) is 0 Å². The van der Waals surface area contributed by atoms with Crippen LogP contribution >= 0.6 is 0 Å². The SMILES string of the molecule is CC(C)NC(=O)CN1CCN(C(=O)c2ccc([N+](=O)[O-])o2)CC1. The number of nitro groups is 1. The van der Waals surface area contributed by atoms with Crippen LogP contribution in [0.5, 0.6) is 0 Å². The van der Waals surface area contributed by atoms with Crippen molar-refractivity contribution in [3.8, 4) is 0 Å². The molecular formula is C14H20N4O5.